The summed E-state index contributed by atoms with van der Waals surface area (Å²) in [5.74, 6) is -0.160. The van der Waals surface area contributed by atoms with Gasteiger partial charge in [-0.15, -0.1) is 12.4 Å². The first-order valence-electron chi connectivity index (χ1n) is 8.15. The van der Waals surface area contributed by atoms with Gasteiger partial charge in [-0.3, -0.25) is 19.3 Å². The minimum atomic E-state index is -0.402. The fraction of sp³-hybridized carbons (Fsp3) is 0.471. The Kier molecular flexibility index (Phi) is 4.92. The summed E-state index contributed by atoms with van der Waals surface area (Å²) in [7, 11) is 0. The normalized spacial score (nSPS) is 27.4. The molecule has 1 aromatic carbocycles. The lowest BCUT2D eigenvalue weighted by molar-refractivity contribution is -0.130. The SMILES string of the molecule is Cl.NC1CCC2CN(C(=O)CN3C(=O)c4ccc(Br)cc4C3=O)CC12. The third-order valence-electron chi connectivity index (χ3n) is 5.49. The number of rotatable bonds is 2. The van der Waals surface area contributed by atoms with Crippen molar-refractivity contribution in [2.45, 2.75) is 18.9 Å². The van der Waals surface area contributed by atoms with Crippen LogP contribution in [0.25, 0.3) is 0 Å². The van der Waals surface area contributed by atoms with Crippen LogP contribution in [0.5, 0.6) is 0 Å². The predicted molar refractivity (Wildman–Crippen MR) is 97.5 cm³/mol. The van der Waals surface area contributed by atoms with Crippen LogP contribution in [0.2, 0.25) is 0 Å². The molecule has 2 N–H and O–H groups in total. The van der Waals surface area contributed by atoms with Crippen LogP contribution < -0.4 is 5.73 Å². The van der Waals surface area contributed by atoms with Crippen molar-refractivity contribution in [3.05, 3.63) is 33.8 Å². The molecule has 1 saturated carbocycles. The number of imide groups is 1. The van der Waals surface area contributed by atoms with Crippen molar-refractivity contribution < 1.29 is 14.4 Å². The standard InChI is InChI=1S/C17H18BrN3O3.ClH/c18-10-2-3-11-12(5-10)17(24)21(16(11)23)8-15(22)20-6-9-1-4-14(19)13(9)7-20;/h2-3,5,9,13-14H,1,4,6-8,19H2;1H. The van der Waals surface area contributed by atoms with Gasteiger partial charge in [-0.2, -0.15) is 0 Å². The van der Waals surface area contributed by atoms with Gasteiger partial charge in [0.05, 0.1) is 11.1 Å². The van der Waals surface area contributed by atoms with E-state index in [1.54, 1.807) is 23.1 Å². The summed E-state index contributed by atoms with van der Waals surface area (Å²) in [5.41, 5.74) is 6.81. The minimum absolute atomic E-state index is 0. The van der Waals surface area contributed by atoms with Crippen LogP contribution in [0.4, 0.5) is 0 Å². The molecule has 3 unspecified atom stereocenters. The van der Waals surface area contributed by atoms with Crippen molar-refractivity contribution in [3.63, 3.8) is 0 Å². The van der Waals surface area contributed by atoms with E-state index in [-0.39, 0.29) is 30.9 Å². The van der Waals surface area contributed by atoms with E-state index >= 15 is 0 Å². The molecule has 2 fully saturated rings. The molecule has 1 saturated heterocycles. The Labute approximate surface area is 160 Å². The summed E-state index contributed by atoms with van der Waals surface area (Å²) in [6, 6.07) is 5.12. The molecule has 25 heavy (non-hydrogen) atoms. The molecular weight excluding hydrogens is 410 g/mol. The van der Waals surface area contributed by atoms with Gasteiger partial charge in [-0.1, -0.05) is 15.9 Å². The van der Waals surface area contributed by atoms with Crippen LogP contribution in [0.3, 0.4) is 0 Å². The van der Waals surface area contributed by atoms with Gasteiger partial charge in [0.15, 0.2) is 0 Å². The molecule has 6 nitrogen and oxygen atoms in total. The first-order chi connectivity index (χ1) is 11.5. The van der Waals surface area contributed by atoms with Crippen molar-refractivity contribution in [2.75, 3.05) is 19.6 Å². The molecule has 2 aliphatic heterocycles. The highest BCUT2D eigenvalue weighted by Crippen LogP contribution is 2.37. The molecule has 8 heteroatoms. The second-order valence-corrected chi connectivity index (χ2v) is 7.77. The average molecular weight is 429 g/mol. The highest BCUT2D eigenvalue weighted by molar-refractivity contribution is 9.10. The van der Waals surface area contributed by atoms with Gasteiger partial charge in [0.2, 0.25) is 5.91 Å². The van der Waals surface area contributed by atoms with Crippen LogP contribution in [0.1, 0.15) is 33.6 Å². The minimum Gasteiger partial charge on any atom is -0.341 e. The van der Waals surface area contributed by atoms with Crippen LogP contribution in [0, 0.1) is 11.8 Å². The third kappa shape index (κ3) is 2.98. The maximum absolute atomic E-state index is 12.6. The molecule has 1 aromatic rings. The van der Waals surface area contributed by atoms with E-state index in [0.29, 0.717) is 36.1 Å². The fourth-order valence-electron chi connectivity index (χ4n) is 4.15. The number of amides is 3. The highest BCUT2D eigenvalue weighted by atomic mass is 79.9. The highest BCUT2D eigenvalue weighted by Gasteiger charge is 2.44. The molecule has 134 valence electrons. The van der Waals surface area contributed by atoms with Gasteiger partial charge in [0, 0.05) is 23.6 Å². The van der Waals surface area contributed by atoms with Crippen molar-refractivity contribution >= 4 is 46.1 Å². The molecule has 3 amide bonds. The summed E-state index contributed by atoms with van der Waals surface area (Å²) < 4.78 is 0.733. The summed E-state index contributed by atoms with van der Waals surface area (Å²) in [4.78, 5) is 40.3. The molecule has 2 heterocycles. The Hall–Kier alpha value is -1.44. The monoisotopic (exact) mass is 427 g/mol. The summed E-state index contributed by atoms with van der Waals surface area (Å²) in [6.45, 7) is 1.13. The van der Waals surface area contributed by atoms with Gasteiger partial charge in [-0.25, -0.2) is 0 Å². The first kappa shape index (κ1) is 18.4. The molecule has 0 bridgehead atoms. The number of benzene rings is 1. The zero-order valence-electron chi connectivity index (χ0n) is 13.5. The number of fused-ring (bicyclic) bond motifs is 2. The predicted octanol–water partition coefficient (Wildman–Crippen LogP) is 1.66. The Bertz CT molecular complexity index is 757. The van der Waals surface area contributed by atoms with E-state index in [4.69, 9.17) is 5.73 Å². The summed E-state index contributed by atoms with van der Waals surface area (Å²) >= 11 is 3.30. The van der Waals surface area contributed by atoms with Gasteiger partial charge in [0.25, 0.3) is 11.8 Å². The smallest absolute Gasteiger partial charge is 0.262 e. The molecule has 3 aliphatic rings. The number of carbonyl (C=O) groups excluding carboxylic acids is 3. The molecule has 0 spiro atoms. The molecular formula is C17H19BrClN3O3. The first-order valence-corrected chi connectivity index (χ1v) is 8.94. The lowest BCUT2D eigenvalue weighted by atomic mass is 9.98. The number of hydrogen-bond donors (Lipinski definition) is 1. The van der Waals surface area contributed by atoms with Gasteiger partial charge in [0.1, 0.15) is 6.54 Å². The molecule has 1 aliphatic carbocycles. The average Bonchev–Trinajstić information content (AvgIpc) is 3.19. The topological polar surface area (TPSA) is 83.7 Å². The lowest BCUT2D eigenvalue weighted by Gasteiger charge is -2.21. The van der Waals surface area contributed by atoms with E-state index in [1.807, 2.05) is 0 Å². The number of hydrogen-bond acceptors (Lipinski definition) is 4. The van der Waals surface area contributed by atoms with E-state index in [2.05, 4.69) is 15.9 Å². The van der Waals surface area contributed by atoms with Crippen molar-refractivity contribution in [2.24, 2.45) is 17.6 Å². The largest absolute Gasteiger partial charge is 0.341 e. The van der Waals surface area contributed by atoms with Crippen LogP contribution in [-0.2, 0) is 4.79 Å². The second-order valence-electron chi connectivity index (χ2n) is 6.85. The van der Waals surface area contributed by atoms with E-state index in [1.165, 1.54) is 0 Å². The van der Waals surface area contributed by atoms with E-state index in [0.717, 1.165) is 22.2 Å². The molecule has 4 rings (SSSR count). The number of nitrogens with two attached hydrogens (primary N) is 1. The molecule has 3 atom stereocenters. The van der Waals surface area contributed by atoms with E-state index < -0.39 is 11.8 Å². The lowest BCUT2D eigenvalue weighted by Crippen LogP contribution is -2.42. The van der Waals surface area contributed by atoms with Crippen LogP contribution >= 0.6 is 28.3 Å². The summed E-state index contributed by atoms with van der Waals surface area (Å²) in [5, 5.41) is 0. The number of halogens is 2. The van der Waals surface area contributed by atoms with Gasteiger partial charge < -0.3 is 10.6 Å². The van der Waals surface area contributed by atoms with Gasteiger partial charge in [-0.05, 0) is 42.9 Å². The fourth-order valence-corrected chi connectivity index (χ4v) is 4.51. The van der Waals surface area contributed by atoms with Crippen molar-refractivity contribution in [1.82, 2.24) is 9.80 Å². The van der Waals surface area contributed by atoms with Crippen LogP contribution in [-0.4, -0.2) is 53.2 Å². The Morgan fingerprint density at radius 2 is 1.88 bits per heavy atom. The van der Waals surface area contributed by atoms with Crippen molar-refractivity contribution in [3.8, 4) is 0 Å². The summed E-state index contributed by atoms with van der Waals surface area (Å²) in [6.07, 6.45) is 2.07. The Balaban J connectivity index is 0.00000182. The Morgan fingerprint density at radius 3 is 2.60 bits per heavy atom. The number of nitrogens with zero attached hydrogens (tertiary/aromatic N) is 2. The Morgan fingerprint density at radius 1 is 1.16 bits per heavy atom. The second kappa shape index (κ2) is 6.70. The third-order valence-corrected chi connectivity index (χ3v) is 5.98. The zero-order chi connectivity index (χ0) is 17.0. The number of carbonyl (C=O) groups is 3. The number of likely N-dealkylation sites (tertiary alicyclic amines) is 1. The maximum atomic E-state index is 12.6. The van der Waals surface area contributed by atoms with E-state index in [9.17, 15) is 14.4 Å². The molecule has 0 aromatic heterocycles. The van der Waals surface area contributed by atoms with Gasteiger partial charge >= 0.3 is 0 Å². The maximum Gasteiger partial charge on any atom is 0.262 e. The van der Waals surface area contributed by atoms with Crippen LogP contribution in [0.15, 0.2) is 22.7 Å². The van der Waals surface area contributed by atoms with Crippen molar-refractivity contribution in [1.29, 1.82) is 0 Å². The zero-order valence-corrected chi connectivity index (χ0v) is 15.9. The molecule has 0 radical (unpaired) electrons. The quantitative estimate of drug-likeness (QED) is 0.726.